The Bertz CT molecular complexity index is 558. The van der Waals surface area contributed by atoms with Gasteiger partial charge in [-0.15, -0.1) is 0 Å². The highest BCUT2D eigenvalue weighted by atomic mass is 32.2. The van der Waals surface area contributed by atoms with E-state index < -0.39 is 0 Å². The van der Waals surface area contributed by atoms with Gasteiger partial charge in [-0.1, -0.05) is 12.1 Å². The molecule has 1 aliphatic carbocycles. The first-order valence-electron chi connectivity index (χ1n) is 9.22. The topological polar surface area (TPSA) is 26.8 Å². The van der Waals surface area contributed by atoms with Gasteiger partial charge >= 0.3 is 0 Å². The van der Waals surface area contributed by atoms with Gasteiger partial charge in [-0.2, -0.15) is 11.8 Å². The molecule has 5 heteroatoms. The third-order valence-electron chi connectivity index (χ3n) is 5.38. The van der Waals surface area contributed by atoms with Crippen molar-refractivity contribution in [1.82, 2.24) is 14.7 Å². The minimum absolute atomic E-state index is 0.200. The SMILES string of the molecule is O=C(c1ccc(CN2CCSCC2)cc1)N1CCN(C2CC2)CC1. The van der Waals surface area contributed by atoms with Gasteiger partial charge in [0, 0.05) is 68.9 Å². The van der Waals surface area contributed by atoms with Crippen LogP contribution in [0.2, 0.25) is 0 Å². The van der Waals surface area contributed by atoms with Gasteiger partial charge in [0.2, 0.25) is 0 Å². The summed E-state index contributed by atoms with van der Waals surface area (Å²) in [5, 5.41) is 0. The van der Waals surface area contributed by atoms with Crippen LogP contribution in [0.15, 0.2) is 24.3 Å². The van der Waals surface area contributed by atoms with Crippen LogP contribution in [0, 0.1) is 0 Å². The van der Waals surface area contributed by atoms with Crippen LogP contribution in [0.4, 0.5) is 0 Å². The zero-order valence-electron chi connectivity index (χ0n) is 14.3. The van der Waals surface area contributed by atoms with E-state index in [1.54, 1.807) is 0 Å². The number of hydrogen-bond acceptors (Lipinski definition) is 4. The van der Waals surface area contributed by atoms with E-state index in [4.69, 9.17) is 0 Å². The fourth-order valence-electron chi connectivity index (χ4n) is 3.68. The van der Waals surface area contributed by atoms with Crippen molar-refractivity contribution < 1.29 is 4.79 Å². The molecule has 0 unspecified atom stereocenters. The summed E-state index contributed by atoms with van der Waals surface area (Å²) in [6.45, 7) is 7.20. The largest absolute Gasteiger partial charge is 0.336 e. The summed E-state index contributed by atoms with van der Waals surface area (Å²) >= 11 is 2.04. The van der Waals surface area contributed by atoms with Crippen LogP contribution in [-0.2, 0) is 6.54 Å². The van der Waals surface area contributed by atoms with E-state index in [2.05, 4.69) is 21.9 Å². The molecule has 0 aromatic heterocycles. The Morgan fingerprint density at radius 1 is 0.958 bits per heavy atom. The molecule has 0 radical (unpaired) electrons. The van der Waals surface area contributed by atoms with Gasteiger partial charge in [-0.25, -0.2) is 0 Å². The summed E-state index contributed by atoms with van der Waals surface area (Å²) in [6.07, 6.45) is 2.70. The molecule has 0 spiro atoms. The van der Waals surface area contributed by atoms with E-state index in [1.807, 2.05) is 28.8 Å². The lowest BCUT2D eigenvalue weighted by atomic mass is 10.1. The highest BCUT2D eigenvalue weighted by molar-refractivity contribution is 7.99. The first-order chi connectivity index (χ1) is 11.8. The fraction of sp³-hybridized carbons (Fsp3) is 0.632. The Kier molecular flexibility index (Phi) is 5.11. The molecular weight excluding hydrogens is 318 g/mol. The Balaban J connectivity index is 1.31. The molecule has 4 rings (SSSR count). The van der Waals surface area contributed by atoms with E-state index in [9.17, 15) is 4.79 Å². The molecule has 2 heterocycles. The van der Waals surface area contributed by atoms with Gasteiger partial charge in [0.15, 0.2) is 0 Å². The second kappa shape index (κ2) is 7.46. The zero-order chi connectivity index (χ0) is 16.4. The number of piperazine rings is 1. The molecule has 2 saturated heterocycles. The Hall–Kier alpha value is -1.04. The molecule has 4 nitrogen and oxygen atoms in total. The van der Waals surface area contributed by atoms with Gasteiger partial charge < -0.3 is 4.90 Å². The van der Waals surface area contributed by atoms with Gasteiger partial charge in [-0.05, 0) is 30.5 Å². The molecular formula is C19H27N3OS. The Labute approximate surface area is 149 Å². The first-order valence-corrected chi connectivity index (χ1v) is 10.4. The summed E-state index contributed by atoms with van der Waals surface area (Å²) < 4.78 is 0. The third-order valence-corrected chi connectivity index (χ3v) is 6.32. The average molecular weight is 346 g/mol. The Morgan fingerprint density at radius 3 is 2.25 bits per heavy atom. The lowest BCUT2D eigenvalue weighted by Gasteiger charge is -2.34. The molecule has 2 aliphatic heterocycles. The van der Waals surface area contributed by atoms with Gasteiger partial charge in [-0.3, -0.25) is 14.6 Å². The molecule has 3 aliphatic rings. The lowest BCUT2D eigenvalue weighted by Crippen LogP contribution is -2.49. The maximum Gasteiger partial charge on any atom is 0.253 e. The van der Waals surface area contributed by atoms with Crippen molar-refractivity contribution in [3.8, 4) is 0 Å². The molecule has 1 aromatic rings. The molecule has 1 aromatic carbocycles. The van der Waals surface area contributed by atoms with Gasteiger partial charge in [0.1, 0.15) is 0 Å². The summed E-state index contributed by atoms with van der Waals surface area (Å²) in [5.41, 5.74) is 2.16. The van der Waals surface area contributed by atoms with E-state index in [-0.39, 0.29) is 5.91 Å². The smallest absolute Gasteiger partial charge is 0.253 e. The molecule has 1 amide bonds. The molecule has 130 valence electrons. The van der Waals surface area contributed by atoms with Crippen molar-refractivity contribution >= 4 is 17.7 Å². The minimum atomic E-state index is 0.200. The van der Waals surface area contributed by atoms with Gasteiger partial charge in [0.25, 0.3) is 5.91 Å². The number of carbonyl (C=O) groups excluding carboxylic acids is 1. The van der Waals surface area contributed by atoms with Crippen molar-refractivity contribution in [2.75, 3.05) is 50.8 Å². The molecule has 3 fully saturated rings. The molecule has 0 bridgehead atoms. The lowest BCUT2D eigenvalue weighted by molar-refractivity contribution is 0.0627. The van der Waals surface area contributed by atoms with Crippen LogP contribution < -0.4 is 0 Å². The average Bonchev–Trinajstić information content (AvgIpc) is 3.48. The van der Waals surface area contributed by atoms with E-state index in [1.165, 1.54) is 43.0 Å². The predicted molar refractivity (Wildman–Crippen MR) is 99.5 cm³/mol. The summed E-state index contributed by atoms with van der Waals surface area (Å²) in [6, 6.07) is 9.12. The highest BCUT2D eigenvalue weighted by Crippen LogP contribution is 2.27. The predicted octanol–water partition coefficient (Wildman–Crippen LogP) is 2.16. The van der Waals surface area contributed by atoms with E-state index in [0.717, 1.165) is 44.3 Å². The Morgan fingerprint density at radius 2 is 1.62 bits per heavy atom. The van der Waals surface area contributed by atoms with Crippen LogP contribution in [0.1, 0.15) is 28.8 Å². The number of thioether (sulfide) groups is 1. The normalized spacial score (nSPS) is 23.4. The number of carbonyl (C=O) groups is 1. The maximum atomic E-state index is 12.7. The quantitative estimate of drug-likeness (QED) is 0.836. The molecule has 0 N–H and O–H groups in total. The molecule has 0 atom stereocenters. The summed E-state index contributed by atoms with van der Waals surface area (Å²) in [4.78, 5) is 19.8. The second-order valence-corrected chi connectivity index (χ2v) is 8.37. The molecule has 1 saturated carbocycles. The van der Waals surface area contributed by atoms with Gasteiger partial charge in [0.05, 0.1) is 0 Å². The first kappa shape index (κ1) is 16.4. The van der Waals surface area contributed by atoms with E-state index >= 15 is 0 Å². The monoisotopic (exact) mass is 345 g/mol. The van der Waals surface area contributed by atoms with Crippen LogP contribution in [0.5, 0.6) is 0 Å². The van der Waals surface area contributed by atoms with E-state index in [0.29, 0.717) is 0 Å². The fourth-order valence-corrected chi connectivity index (χ4v) is 4.66. The van der Waals surface area contributed by atoms with Crippen LogP contribution >= 0.6 is 11.8 Å². The zero-order valence-corrected chi connectivity index (χ0v) is 15.1. The van der Waals surface area contributed by atoms with Crippen LogP contribution in [-0.4, -0.2) is 77.4 Å². The van der Waals surface area contributed by atoms with Crippen molar-refractivity contribution in [2.24, 2.45) is 0 Å². The number of benzene rings is 1. The number of hydrogen-bond donors (Lipinski definition) is 0. The van der Waals surface area contributed by atoms with Crippen molar-refractivity contribution in [3.05, 3.63) is 35.4 Å². The van der Waals surface area contributed by atoms with Crippen molar-refractivity contribution in [3.63, 3.8) is 0 Å². The highest BCUT2D eigenvalue weighted by Gasteiger charge is 2.32. The van der Waals surface area contributed by atoms with Crippen molar-refractivity contribution in [1.29, 1.82) is 0 Å². The summed E-state index contributed by atoms with van der Waals surface area (Å²) in [7, 11) is 0. The standard InChI is InChI=1S/C19H27N3OS/c23-19(22-9-7-21(8-10-22)18-5-6-18)17-3-1-16(2-4-17)15-20-11-13-24-14-12-20/h1-4,18H,5-15H2. The van der Waals surface area contributed by atoms with Crippen LogP contribution in [0.25, 0.3) is 0 Å². The molecule has 24 heavy (non-hydrogen) atoms. The van der Waals surface area contributed by atoms with Crippen LogP contribution in [0.3, 0.4) is 0 Å². The second-order valence-electron chi connectivity index (χ2n) is 7.14. The maximum absolute atomic E-state index is 12.7. The summed E-state index contributed by atoms with van der Waals surface area (Å²) in [5.74, 6) is 2.68. The minimum Gasteiger partial charge on any atom is -0.336 e. The number of nitrogens with zero attached hydrogens (tertiary/aromatic N) is 3. The number of rotatable bonds is 4. The van der Waals surface area contributed by atoms with Crippen molar-refractivity contribution in [2.45, 2.75) is 25.4 Å². The third kappa shape index (κ3) is 3.95. The number of amides is 1.